The molecule has 2 aliphatic heterocycles. The van der Waals surface area contributed by atoms with Crippen LogP contribution in [0, 0.1) is 29.1 Å². The zero-order chi connectivity index (χ0) is 39.5. The van der Waals surface area contributed by atoms with Crippen LogP contribution in [0.5, 0.6) is 28.7 Å². The molecule has 0 aromatic heterocycles. The fraction of sp³-hybridized carbons (Fsp3) is 0.289. The molecule has 4 aromatic rings. The molecule has 4 amide bonds. The SMILES string of the molecule is COc1ccc(OC)c(C=Cc2ccc(N3C(=O)C4CC=C5C(CC6C(=O)N(c7ccccc7)C(=O)C6(C)C5c5c(OC)cc(O)cc5OC)C4C3=O)cc2)c1. The van der Waals surface area contributed by atoms with Gasteiger partial charge in [0.2, 0.25) is 23.6 Å². The lowest BCUT2D eigenvalue weighted by Gasteiger charge is -2.49. The minimum Gasteiger partial charge on any atom is -0.508 e. The Balaban J connectivity index is 1.17. The Morgan fingerprint density at radius 2 is 1.36 bits per heavy atom. The monoisotopic (exact) mass is 754 g/mol. The number of imide groups is 2. The quantitative estimate of drug-likeness (QED) is 0.109. The van der Waals surface area contributed by atoms with E-state index in [0.717, 1.165) is 16.7 Å². The van der Waals surface area contributed by atoms with Crippen molar-refractivity contribution >= 4 is 47.2 Å². The Bertz CT molecular complexity index is 2290. The number of para-hydroxylation sites is 1. The van der Waals surface area contributed by atoms with Gasteiger partial charge in [0.25, 0.3) is 0 Å². The van der Waals surface area contributed by atoms with Crippen molar-refractivity contribution in [2.45, 2.75) is 25.7 Å². The van der Waals surface area contributed by atoms with E-state index in [9.17, 15) is 24.3 Å². The molecule has 56 heavy (non-hydrogen) atoms. The second-order valence-electron chi connectivity index (χ2n) is 14.8. The topological polar surface area (TPSA) is 132 Å². The first-order valence-corrected chi connectivity index (χ1v) is 18.5. The van der Waals surface area contributed by atoms with Gasteiger partial charge in [0.15, 0.2) is 0 Å². The number of benzene rings is 4. The predicted octanol–water partition coefficient (Wildman–Crippen LogP) is 7.03. The Labute approximate surface area is 324 Å². The number of nitrogens with zero attached hydrogens (tertiary/aromatic N) is 2. The van der Waals surface area contributed by atoms with Crippen LogP contribution in [0.15, 0.2) is 96.6 Å². The summed E-state index contributed by atoms with van der Waals surface area (Å²) >= 11 is 0. The maximum atomic E-state index is 14.8. The highest BCUT2D eigenvalue weighted by Crippen LogP contribution is 2.65. The molecule has 2 aliphatic carbocycles. The molecule has 11 heteroatoms. The van der Waals surface area contributed by atoms with Crippen molar-refractivity contribution in [3.8, 4) is 28.7 Å². The second-order valence-corrected chi connectivity index (χ2v) is 14.8. The van der Waals surface area contributed by atoms with Gasteiger partial charge in [-0.3, -0.25) is 24.1 Å². The van der Waals surface area contributed by atoms with E-state index in [1.54, 1.807) is 57.5 Å². The standard InChI is InChI=1S/C45H42N2O9/c1-45-34(42(50)47(44(45)52)27-9-7-6-8-10-27)24-33-31(40(45)39-36(55-4)22-29(48)23-37(39)56-5)18-19-32-38(33)43(51)46(41(32)49)28-15-12-25(13-16-28)11-14-26-21-30(53-2)17-20-35(26)54-3/h6-18,20-23,32-34,38,40,48H,19,24H2,1-5H3. The number of hydrogen-bond donors (Lipinski definition) is 1. The summed E-state index contributed by atoms with van der Waals surface area (Å²) < 4.78 is 22.5. The maximum absolute atomic E-state index is 14.8. The van der Waals surface area contributed by atoms with Gasteiger partial charge in [-0.2, -0.15) is 0 Å². The Kier molecular flexibility index (Phi) is 9.18. The lowest BCUT2D eigenvalue weighted by molar-refractivity contribution is -0.131. The summed E-state index contributed by atoms with van der Waals surface area (Å²) in [5.41, 5.74) is 2.53. The highest BCUT2D eigenvalue weighted by atomic mass is 16.5. The molecular weight excluding hydrogens is 713 g/mol. The van der Waals surface area contributed by atoms with Crippen molar-refractivity contribution in [1.82, 2.24) is 0 Å². The van der Waals surface area contributed by atoms with Gasteiger partial charge in [-0.05, 0) is 73.7 Å². The molecule has 4 aliphatic rings. The van der Waals surface area contributed by atoms with Crippen LogP contribution in [0.2, 0.25) is 0 Å². The Morgan fingerprint density at radius 1 is 0.696 bits per heavy atom. The molecular formula is C45H42N2O9. The third-order valence-electron chi connectivity index (χ3n) is 12.1. The molecule has 4 aromatic carbocycles. The van der Waals surface area contributed by atoms with Gasteiger partial charge in [-0.15, -0.1) is 0 Å². The Morgan fingerprint density at radius 3 is 2.00 bits per heavy atom. The molecule has 11 nitrogen and oxygen atoms in total. The fourth-order valence-electron chi connectivity index (χ4n) is 9.50. The first kappa shape index (κ1) is 36.6. The van der Waals surface area contributed by atoms with E-state index in [4.69, 9.17) is 18.9 Å². The molecule has 3 fully saturated rings. The van der Waals surface area contributed by atoms with Crippen LogP contribution in [0.4, 0.5) is 11.4 Å². The van der Waals surface area contributed by atoms with Gasteiger partial charge in [-0.1, -0.05) is 54.1 Å². The molecule has 1 N–H and O–H groups in total. The smallest absolute Gasteiger partial charge is 0.241 e. The summed E-state index contributed by atoms with van der Waals surface area (Å²) in [6.07, 6.45) is 6.26. The number of fused-ring (bicyclic) bond motifs is 4. The molecule has 6 unspecified atom stereocenters. The van der Waals surface area contributed by atoms with E-state index in [2.05, 4.69) is 0 Å². The van der Waals surface area contributed by atoms with Crippen LogP contribution >= 0.6 is 0 Å². The molecule has 2 heterocycles. The zero-order valence-corrected chi connectivity index (χ0v) is 31.7. The van der Waals surface area contributed by atoms with Crippen molar-refractivity contribution in [2.75, 3.05) is 38.2 Å². The molecule has 2 saturated heterocycles. The average molecular weight is 755 g/mol. The number of aromatic hydroxyl groups is 1. The van der Waals surface area contributed by atoms with Crippen LogP contribution < -0.4 is 28.7 Å². The number of phenols is 1. The predicted molar refractivity (Wildman–Crippen MR) is 210 cm³/mol. The average Bonchev–Trinajstić information content (AvgIpc) is 3.59. The summed E-state index contributed by atoms with van der Waals surface area (Å²) in [6, 6.07) is 24.5. The third kappa shape index (κ3) is 5.55. The van der Waals surface area contributed by atoms with E-state index in [-0.39, 0.29) is 53.7 Å². The van der Waals surface area contributed by atoms with E-state index in [1.807, 2.05) is 54.6 Å². The number of hydrogen-bond acceptors (Lipinski definition) is 9. The van der Waals surface area contributed by atoms with Gasteiger partial charge in [0.1, 0.15) is 28.7 Å². The lowest BCUT2D eigenvalue weighted by atomic mass is 9.51. The number of amides is 4. The largest absolute Gasteiger partial charge is 0.508 e. The highest BCUT2D eigenvalue weighted by molar-refractivity contribution is 6.25. The minimum atomic E-state index is -1.32. The first-order valence-electron chi connectivity index (χ1n) is 18.5. The molecule has 0 spiro atoms. The van der Waals surface area contributed by atoms with Crippen molar-refractivity contribution in [1.29, 1.82) is 0 Å². The van der Waals surface area contributed by atoms with E-state index in [1.165, 1.54) is 36.2 Å². The summed E-state index contributed by atoms with van der Waals surface area (Å²) in [7, 11) is 6.14. The van der Waals surface area contributed by atoms with Gasteiger partial charge in [-0.25, -0.2) is 4.90 Å². The molecule has 6 atom stereocenters. The number of carbonyl (C=O) groups excluding carboxylic acids is 4. The normalized spacial score (nSPS) is 25.5. The van der Waals surface area contributed by atoms with Gasteiger partial charge >= 0.3 is 0 Å². The van der Waals surface area contributed by atoms with Crippen molar-refractivity contribution in [2.24, 2.45) is 29.1 Å². The van der Waals surface area contributed by atoms with E-state index >= 15 is 0 Å². The second kappa shape index (κ2) is 14.1. The highest BCUT2D eigenvalue weighted by Gasteiger charge is 2.68. The summed E-state index contributed by atoms with van der Waals surface area (Å²) in [5.74, 6) is -3.13. The van der Waals surface area contributed by atoms with Gasteiger partial charge in [0.05, 0.1) is 63.0 Å². The molecule has 1 saturated carbocycles. The number of carbonyl (C=O) groups is 4. The number of rotatable bonds is 9. The number of phenolic OH excluding ortho intramolecular Hbond substituents is 1. The van der Waals surface area contributed by atoms with Gasteiger partial charge < -0.3 is 24.1 Å². The minimum absolute atomic E-state index is 0.0947. The summed E-state index contributed by atoms with van der Waals surface area (Å²) in [6.45, 7) is 1.80. The van der Waals surface area contributed by atoms with E-state index < -0.39 is 35.0 Å². The van der Waals surface area contributed by atoms with Crippen LogP contribution in [0.1, 0.15) is 42.4 Å². The third-order valence-corrected chi connectivity index (χ3v) is 12.1. The van der Waals surface area contributed by atoms with Crippen LogP contribution in [-0.2, 0) is 19.2 Å². The zero-order valence-electron chi connectivity index (χ0n) is 31.7. The van der Waals surface area contributed by atoms with E-state index in [0.29, 0.717) is 28.4 Å². The Hall–Kier alpha value is -6.36. The number of allylic oxidation sites excluding steroid dienone is 2. The number of ether oxygens (including phenoxy) is 4. The molecule has 286 valence electrons. The van der Waals surface area contributed by atoms with Crippen LogP contribution in [0.25, 0.3) is 12.2 Å². The summed E-state index contributed by atoms with van der Waals surface area (Å²) in [4.78, 5) is 60.7. The fourth-order valence-corrected chi connectivity index (χ4v) is 9.50. The van der Waals surface area contributed by atoms with Gasteiger partial charge in [0, 0.05) is 29.2 Å². The lowest BCUT2D eigenvalue weighted by Crippen LogP contribution is -2.49. The summed E-state index contributed by atoms with van der Waals surface area (Å²) in [5, 5.41) is 10.6. The van der Waals surface area contributed by atoms with Crippen LogP contribution in [0.3, 0.4) is 0 Å². The van der Waals surface area contributed by atoms with Crippen molar-refractivity contribution in [3.63, 3.8) is 0 Å². The van der Waals surface area contributed by atoms with Crippen molar-refractivity contribution in [3.05, 3.63) is 113 Å². The van der Waals surface area contributed by atoms with Crippen molar-refractivity contribution < 1.29 is 43.2 Å². The number of anilines is 2. The molecule has 8 rings (SSSR count). The first-order chi connectivity index (χ1) is 27.0. The molecule has 0 bridgehead atoms. The van der Waals surface area contributed by atoms with Crippen LogP contribution in [-0.4, -0.2) is 57.2 Å². The maximum Gasteiger partial charge on any atom is 0.241 e. The molecule has 0 radical (unpaired) electrons. The number of methoxy groups -OCH3 is 4.